The Labute approximate surface area is 78.0 Å². The lowest BCUT2D eigenvalue weighted by atomic mass is 10.1. The summed E-state index contributed by atoms with van der Waals surface area (Å²) in [6, 6.07) is 4.75. The molecule has 3 heteroatoms. The highest BCUT2D eigenvalue weighted by Gasteiger charge is 2.08. The van der Waals surface area contributed by atoms with Gasteiger partial charge in [0.05, 0.1) is 0 Å². The van der Waals surface area contributed by atoms with Crippen molar-refractivity contribution in [3.05, 3.63) is 23.8 Å². The van der Waals surface area contributed by atoms with Crippen LogP contribution in [0.25, 0.3) is 0 Å². The van der Waals surface area contributed by atoms with E-state index in [1.807, 2.05) is 13.8 Å². The number of phenolic OH excluding ortho intramolecular Hbond substituents is 2. The zero-order valence-corrected chi connectivity index (χ0v) is 7.91. The molecule has 0 amide bonds. The Bertz CT molecular complexity index is 286. The molecule has 0 bridgehead atoms. The van der Waals surface area contributed by atoms with Crippen LogP contribution in [0.4, 0.5) is 0 Å². The first-order valence-electron chi connectivity index (χ1n) is 4.40. The molecule has 0 aliphatic carbocycles. The van der Waals surface area contributed by atoms with Crippen LogP contribution in [-0.2, 0) is 0 Å². The Balaban J connectivity index is 2.88. The minimum absolute atomic E-state index is 0.0879. The highest BCUT2D eigenvalue weighted by Crippen LogP contribution is 2.27. The lowest BCUT2D eigenvalue weighted by Crippen LogP contribution is -2.17. The van der Waals surface area contributed by atoms with Gasteiger partial charge in [-0.25, -0.2) is 0 Å². The molecule has 0 aliphatic heterocycles. The third kappa shape index (κ3) is 2.36. The van der Waals surface area contributed by atoms with Crippen molar-refractivity contribution in [2.75, 3.05) is 6.54 Å². The summed E-state index contributed by atoms with van der Waals surface area (Å²) in [7, 11) is 0. The number of rotatable bonds is 3. The first kappa shape index (κ1) is 9.86. The Hall–Kier alpha value is -1.22. The summed E-state index contributed by atoms with van der Waals surface area (Å²) in [6.07, 6.45) is 0. The lowest BCUT2D eigenvalue weighted by Gasteiger charge is -2.14. The van der Waals surface area contributed by atoms with E-state index in [1.165, 1.54) is 6.07 Å². The monoisotopic (exact) mass is 181 g/mol. The maximum atomic E-state index is 9.49. The smallest absolute Gasteiger partial charge is 0.124 e. The van der Waals surface area contributed by atoms with E-state index in [0.29, 0.717) is 0 Å². The van der Waals surface area contributed by atoms with E-state index in [0.717, 1.165) is 12.1 Å². The molecule has 0 spiro atoms. The molecule has 0 radical (unpaired) electrons. The number of hydrogen-bond acceptors (Lipinski definition) is 3. The first-order chi connectivity index (χ1) is 6.15. The van der Waals surface area contributed by atoms with Gasteiger partial charge in [0, 0.05) is 17.7 Å². The van der Waals surface area contributed by atoms with Crippen molar-refractivity contribution < 1.29 is 10.2 Å². The molecule has 3 nitrogen and oxygen atoms in total. The van der Waals surface area contributed by atoms with Gasteiger partial charge in [0.15, 0.2) is 0 Å². The zero-order chi connectivity index (χ0) is 9.84. The van der Waals surface area contributed by atoms with Crippen molar-refractivity contribution >= 4 is 0 Å². The molecule has 1 atom stereocenters. The second kappa shape index (κ2) is 4.14. The third-order valence-corrected chi connectivity index (χ3v) is 1.99. The van der Waals surface area contributed by atoms with Gasteiger partial charge in [0.1, 0.15) is 11.5 Å². The van der Waals surface area contributed by atoms with Crippen molar-refractivity contribution in [2.24, 2.45) is 0 Å². The molecule has 1 aromatic carbocycles. The van der Waals surface area contributed by atoms with Crippen LogP contribution in [0.15, 0.2) is 18.2 Å². The minimum atomic E-state index is 0.0879. The Morgan fingerprint density at radius 3 is 2.62 bits per heavy atom. The van der Waals surface area contributed by atoms with Crippen LogP contribution in [0.5, 0.6) is 11.5 Å². The average Bonchev–Trinajstić information content (AvgIpc) is 2.04. The summed E-state index contributed by atoms with van der Waals surface area (Å²) >= 11 is 0. The number of aromatic hydroxyl groups is 2. The van der Waals surface area contributed by atoms with Crippen LogP contribution in [-0.4, -0.2) is 16.8 Å². The van der Waals surface area contributed by atoms with Crippen molar-refractivity contribution in [3.63, 3.8) is 0 Å². The zero-order valence-electron chi connectivity index (χ0n) is 7.91. The summed E-state index contributed by atoms with van der Waals surface area (Å²) in [4.78, 5) is 0. The van der Waals surface area contributed by atoms with E-state index in [2.05, 4.69) is 5.32 Å². The van der Waals surface area contributed by atoms with Crippen molar-refractivity contribution in [1.82, 2.24) is 5.32 Å². The standard InChI is InChI=1S/C10H15NO2/c1-3-11-7(2)9-5-4-8(12)6-10(9)13/h4-7,11-13H,3H2,1-2H3. The summed E-state index contributed by atoms with van der Waals surface area (Å²) < 4.78 is 0. The van der Waals surface area contributed by atoms with E-state index in [4.69, 9.17) is 5.11 Å². The number of phenols is 2. The molecule has 0 saturated heterocycles. The minimum Gasteiger partial charge on any atom is -0.508 e. The van der Waals surface area contributed by atoms with Gasteiger partial charge < -0.3 is 15.5 Å². The highest BCUT2D eigenvalue weighted by atomic mass is 16.3. The van der Waals surface area contributed by atoms with Crippen LogP contribution in [0.3, 0.4) is 0 Å². The maximum absolute atomic E-state index is 9.49. The van der Waals surface area contributed by atoms with E-state index < -0.39 is 0 Å². The molecule has 0 aliphatic rings. The van der Waals surface area contributed by atoms with Crippen molar-refractivity contribution in [1.29, 1.82) is 0 Å². The van der Waals surface area contributed by atoms with Gasteiger partial charge in [0.25, 0.3) is 0 Å². The van der Waals surface area contributed by atoms with E-state index in [-0.39, 0.29) is 17.5 Å². The predicted molar refractivity (Wildman–Crippen MR) is 51.9 cm³/mol. The summed E-state index contributed by atoms with van der Waals surface area (Å²) in [6.45, 7) is 4.82. The molecular weight excluding hydrogens is 166 g/mol. The summed E-state index contributed by atoms with van der Waals surface area (Å²) in [5, 5.41) is 21.7. The molecule has 1 aromatic rings. The number of nitrogens with one attached hydrogen (secondary N) is 1. The number of benzene rings is 1. The molecular formula is C10H15NO2. The van der Waals surface area contributed by atoms with Gasteiger partial charge in [-0.2, -0.15) is 0 Å². The largest absolute Gasteiger partial charge is 0.508 e. The Morgan fingerprint density at radius 1 is 1.38 bits per heavy atom. The van der Waals surface area contributed by atoms with Gasteiger partial charge in [-0.15, -0.1) is 0 Å². The molecule has 3 N–H and O–H groups in total. The van der Waals surface area contributed by atoms with Gasteiger partial charge in [-0.05, 0) is 19.5 Å². The molecule has 1 rings (SSSR count). The molecule has 72 valence electrons. The molecule has 1 unspecified atom stereocenters. The van der Waals surface area contributed by atoms with E-state index >= 15 is 0 Å². The van der Waals surface area contributed by atoms with Crippen molar-refractivity contribution in [3.8, 4) is 11.5 Å². The fraction of sp³-hybridized carbons (Fsp3) is 0.400. The lowest BCUT2D eigenvalue weighted by molar-refractivity contribution is 0.437. The van der Waals surface area contributed by atoms with E-state index in [9.17, 15) is 5.11 Å². The van der Waals surface area contributed by atoms with Gasteiger partial charge in [-0.3, -0.25) is 0 Å². The Kier molecular flexibility index (Phi) is 3.14. The van der Waals surface area contributed by atoms with Gasteiger partial charge >= 0.3 is 0 Å². The van der Waals surface area contributed by atoms with Crippen molar-refractivity contribution in [2.45, 2.75) is 19.9 Å². The maximum Gasteiger partial charge on any atom is 0.124 e. The normalized spacial score (nSPS) is 12.8. The molecule has 0 saturated carbocycles. The predicted octanol–water partition coefficient (Wildman–Crippen LogP) is 1.77. The van der Waals surface area contributed by atoms with Gasteiger partial charge in [-0.1, -0.05) is 13.0 Å². The highest BCUT2D eigenvalue weighted by molar-refractivity contribution is 5.40. The molecule has 0 aromatic heterocycles. The van der Waals surface area contributed by atoms with Crippen LogP contribution < -0.4 is 5.32 Å². The van der Waals surface area contributed by atoms with E-state index in [1.54, 1.807) is 12.1 Å². The molecule has 0 fully saturated rings. The summed E-state index contributed by atoms with van der Waals surface area (Å²) in [5.74, 6) is 0.221. The second-order valence-corrected chi connectivity index (χ2v) is 3.02. The van der Waals surface area contributed by atoms with Crippen LogP contribution >= 0.6 is 0 Å². The first-order valence-corrected chi connectivity index (χ1v) is 4.40. The molecule has 0 heterocycles. The summed E-state index contributed by atoms with van der Waals surface area (Å²) in [5.41, 5.74) is 0.805. The van der Waals surface area contributed by atoms with Crippen LogP contribution in [0.2, 0.25) is 0 Å². The quantitative estimate of drug-likeness (QED) is 0.666. The van der Waals surface area contributed by atoms with Crippen LogP contribution in [0.1, 0.15) is 25.5 Å². The number of hydrogen-bond donors (Lipinski definition) is 3. The molecule has 13 heavy (non-hydrogen) atoms. The third-order valence-electron chi connectivity index (χ3n) is 1.99. The van der Waals surface area contributed by atoms with Gasteiger partial charge in [0.2, 0.25) is 0 Å². The topological polar surface area (TPSA) is 52.5 Å². The fourth-order valence-electron chi connectivity index (χ4n) is 1.31. The Morgan fingerprint density at radius 2 is 2.08 bits per heavy atom. The fourth-order valence-corrected chi connectivity index (χ4v) is 1.31. The SMILES string of the molecule is CCNC(C)c1ccc(O)cc1O. The second-order valence-electron chi connectivity index (χ2n) is 3.02. The van der Waals surface area contributed by atoms with Crippen LogP contribution in [0, 0.1) is 0 Å². The average molecular weight is 181 g/mol.